The van der Waals surface area contributed by atoms with Crippen molar-refractivity contribution in [2.75, 3.05) is 26.3 Å². The number of piperidine rings is 1. The van der Waals surface area contributed by atoms with Gasteiger partial charge >= 0.3 is 6.09 Å². The van der Waals surface area contributed by atoms with Crippen molar-refractivity contribution in [3.63, 3.8) is 0 Å². The lowest BCUT2D eigenvalue weighted by atomic mass is 10.0. The monoisotopic (exact) mass is 288 g/mol. The molecule has 6 heteroatoms. The van der Waals surface area contributed by atoms with Crippen LogP contribution in [0.5, 0.6) is 0 Å². The molecule has 1 unspecified atom stereocenters. The van der Waals surface area contributed by atoms with E-state index in [2.05, 4.69) is 5.32 Å². The largest absolute Gasteiger partial charge is 0.444 e. The lowest BCUT2D eigenvalue weighted by Crippen LogP contribution is -2.52. The fraction of sp³-hybridized carbons (Fsp3) is 0.929. The van der Waals surface area contributed by atoms with Gasteiger partial charge in [-0.05, 0) is 40.0 Å². The first-order valence-corrected chi connectivity index (χ1v) is 7.32. The van der Waals surface area contributed by atoms with Crippen molar-refractivity contribution in [1.29, 1.82) is 0 Å². The molecule has 1 saturated heterocycles. The van der Waals surface area contributed by atoms with Crippen LogP contribution >= 0.6 is 0 Å². The van der Waals surface area contributed by atoms with E-state index in [0.29, 0.717) is 13.1 Å². The molecule has 1 heterocycles. The highest BCUT2D eigenvalue weighted by Gasteiger charge is 2.30. The van der Waals surface area contributed by atoms with E-state index in [1.807, 2.05) is 20.8 Å². The van der Waals surface area contributed by atoms with E-state index < -0.39 is 5.60 Å². The summed E-state index contributed by atoms with van der Waals surface area (Å²) >= 11 is 0. The molecule has 1 amide bonds. The van der Waals surface area contributed by atoms with Gasteiger partial charge in [-0.25, -0.2) is 4.79 Å². The molecule has 0 radical (unpaired) electrons. The molecule has 1 fully saturated rings. The topological polar surface area (TPSA) is 82.0 Å². The molecule has 6 nitrogen and oxygen atoms in total. The van der Waals surface area contributed by atoms with E-state index in [0.717, 1.165) is 19.3 Å². The summed E-state index contributed by atoms with van der Waals surface area (Å²) in [5.41, 5.74) is -0.495. The average molecular weight is 288 g/mol. The van der Waals surface area contributed by atoms with Crippen LogP contribution in [-0.4, -0.2) is 65.2 Å². The number of likely N-dealkylation sites (tertiary alicyclic amines) is 1. The predicted molar refractivity (Wildman–Crippen MR) is 76.5 cm³/mol. The first-order valence-electron chi connectivity index (χ1n) is 7.32. The van der Waals surface area contributed by atoms with Gasteiger partial charge in [0.1, 0.15) is 5.60 Å². The number of amides is 1. The number of nitrogens with zero attached hydrogens (tertiary/aromatic N) is 1. The van der Waals surface area contributed by atoms with Crippen LogP contribution in [0.15, 0.2) is 0 Å². The highest BCUT2D eigenvalue weighted by Crippen LogP contribution is 2.20. The van der Waals surface area contributed by atoms with E-state index in [1.165, 1.54) is 0 Å². The summed E-state index contributed by atoms with van der Waals surface area (Å²) in [6, 6.07) is -0.281. The molecule has 0 bridgehead atoms. The fourth-order valence-corrected chi connectivity index (χ4v) is 2.26. The van der Waals surface area contributed by atoms with Crippen molar-refractivity contribution in [2.45, 2.75) is 57.7 Å². The Morgan fingerprint density at radius 2 is 2.00 bits per heavy atom. The van der Waals surface area contributed by atoms with Gasteiger partial charge in [0.15, 0.2) is 0 Å². The molecule has 1 aliphatic heterocycles. The standard InChI is InChI=1S/C14H28N2O4/c1-14(2,3)20-13(19)16-7-5-4-6-12(16)8-15-11(9-17)10-18/h11-12,15,17-18H,4-10H2,1-3H3. The van der Waals surface area contributed by atoms with Gasteiger partial charge in [-0.1, -0.05) is 0 Å². The van der Waals surface area contributed by atoms with Crippen molar-refractivity contribution in [2.24, 2.45) is 0 Å². The van der Waals surface area contributed by atoms with Crippen LogP contribution in [0.3, 0.4) is 0 Å². The summed E-state index contributed by atoms with van der Waals surface area (Å²) in [7, 11) is 0. The van der Waals surface area contributed by atoms with E-state index in [-0.39, 0.29) is 31.4 Å². The fourth-order valence-electron chi connectivity index (χ4n) is 2.26. The lowest BCUT2D eigenvalue weighted by molar-refractivity contribution is 0.00920. The van der Waals surface area contributed by atoms with Gasteiger partial charge in [0.2, 0.25) is 0 Å². The van der Waals surface area contributed by atoms with Crippen LogP contribution in [0.2, 0.25) is 0 Å². The van der Waals surface area contributed by atoms with Crippen LogP contribution in [-0.2, 0) is 4.74 Å². The highest BCUT2D eigenvalue weighted by atomic mass is 16.6. The maximum absolute atomic E-state index is 12.2. The minimum atomic E-state index is -0.495. The Bertz CT molecular complexity index is 300. The zero-order valence-corrected chi connectivity index (χ0v) is 12.8. The normalized spacial score (nSPS) is 20.3. The number of nitrogens with one attached hydrogen (secondary N) is 1. The number of carbonyl (C=O) groups is 1. The molecule has 0 aliphatic carbocycles. The maximum atomic E-state index is 12.2. The van der Waals surface area contributed by atoms with Crippen LogP contribution in [0, 0.1) is 0 Å². The lowest BCUT2D eigenvalue weighted by Gasteiger charge is -2.37. The van der Waals surface area contributed by atoms with Gasteiger partial charge in [0, 0.05) is 19.1 Å². The number of ether oxygens (including phenoxy) is 1. The quantitative estimate of drug-likeness (QED) is 0.694. The number of carbonyl (C=O) groups excluding carboxylic acids is 1. The van der Waals surface area contributed by atoms with E-state index in [4.69, 9.17) is 14.9 Å². The SMILES string of the molecule is CC(C)(C)OC(=O)N1CCCCC1CNC(CO)CO. The molecule has 3 N–H and O–H groups in total. The summed E-state index contributed by atoms with van der Waals surface area (Å²) in [6.45, 7) is 6.60. The molecule has 0 aromatic heterocycles. The number of rotatable bonds is 5. The molecule has 0 spiro atoms. The van der Waals surface area contributed by atoms with E-state index >= 15 is 0 Å². The van der Waals surface area contributed by atoms with Gasteiger partial charge in [-0.2, -0.15) is 0 Å². The second-order valence-electron chi connectivity index (χ2n) is 6.29. The molecule has 0 aromatic carbocycles. The summed E-state index contributed by atoms with van der Waals surface area (Å²) in [5.74, 6) is 0. The minimum absolute atomic E-state index is 0.0548. The highest BCUT2D eigenvalue weighted by molar-refractivity contribution is 5.68. The van der Waals surface area contributed by atoms with Crippen molar-refractivity contribution in [1.82, 2.24) is 10.2 Å². The molecule has 0 aromatic rings. The van der Waals surface area contributed by atoms with Crippen molar-refractivity contribution < 1.29 is 19.7 Å². The molecular formula is C14H28N2O4. The Morgan fingerprint density at radius 1 is 1.35 bits per heavy atom. The average Bonchev–Trinajstić information content (AvgIpc) is 2.38. The van der Waals surface area contributed by atoms with Crippen LogP contribution in [0.1, 0.15) is 40.0 Å². The Hall–Kier alpha value is -0.850. The third-order valence-electron chi connectivity index (χ3n) is 3.34. The van der Waals surface area contributed by atoms with Crippen molar-refractivity contribution >= 4 is 6.09 Å². The van der Waals surface area contributed by atoms with Crippen LogP contribution in [0.25, 0.3) is 0 Å². The number of aliphatic hydroxyl groups is 2. The smallest absolute Gasteiger partial charge is 0.410 e. The Morgan fingerprint density at radius 3 is 2.55 bits per heavy atom. The molecule has 118 valence electrons. The van der Waals surface area contributed by atoms with E-state index in [1.54, 1.807) is 4.90 Å². The summed E-state index contributed by atoms with van der Waals surface area (Å²) < 4.78 is 5.43. The van der Waals surface area contributed by atoms with Crippen LogP contribution in [0.4, 0.5) is 4.79 Å². The summed E-state index contributed by atoms with van der Waals surface area (Å²) in [6.07, 6.45) is 2.69. The predicted octanol–water partition coefficient (Wildman–Crippen LogP) is 0.719. The second-order valence-corrected chi connectivity index (χ2v) is 6.29. The van der Waals surface area contributed by atoms with Crippen molar-refractivity contribution in [3.8, 4) is 0 Å². The Labute approximate surface area is 121 Å². The number of hydrogen-bond acceptors (Lipinski definition) is 5. The van der Waals surface area contributed by atoms with Gasteiger partial charge in [-0.15, -0.1) is 0 Å². The number of hydrogen-bond donors (Lipinski definition) is 3. The maximum Gasteiger partial charge on any atom is 0.410 e. The van der Waals surface area contributed by atoms with Crippen molar-refractivity contribution in [3.05, 3.63) is 0 Å². The molecule has 1 atom stereocenters. The minimum Gasteiger partial charge on any atom is -0.444 e. The zero-order valence-electron chi connectivity index (χ0n) is 12.8. The molecule has 1 aliphatic rings. The van der Waals surface area contributed by atoms with Gasteiger partial charge in [-0.3, -0.25) is 0 Å². The third kappa shape index (κ3) is 5.64. The Kier molecular flexibility index (Phi) is 6.71. The first-order chi connectivity index (χ1) is 9.37. The third-order valence-corrected chi connectivity index (χ3v) is 3.34. The molecule has 20 heavy (non-hydrogen) atoms. The molecular weight excluding hydrogens is 260 g/mol. The number of aliphatic hydroxyl groups excluding tert-OH is 2. The molecule has 1 rings (SSSR count). The second kappa shape index (κ2) is 7.81. The Balaban J connectivity index is 2.55. The molecule has 0 saturated carbocycles. The van der Waals surface area contributed by atoms with Gasteiger partial charge in [0.05, 0.1) is 19.3 Å². The zero-order chi connectivity index (χ0) is 15.2. The van der Waals surface area contributed by atoms with Gasteiger partial charge < -0.3 is 25.2 Å². The summed E-state index contributed by atoms with van der Waals surface area (Å²) in [5, 5.41) is 21.2. The van der Waals surface area contributed by atoms with Crippen LogP contribution < -0.4 is 5.32 Å². The summed E-state index contributed by atoms with van der Waals surface area (Å²) in [4.78, 5) is 13.9. The van der Waals surface area contributed by atoms with Gasteiger partial charge in [0.25, 0.3) is 0 Å². The van der Waals surface area contributed by atoms with E-state index in [9.17, 15) is 4.79 Å². The first kappa shape index (κ1) is 17.2.